The molecule has 2 rings (SSSR count). The molecule has 1 aromatic carbocycles. The fourth-order valence-electron chi connectivity index (χ4n) is 2.32. The summed E-state index contributed by atoms with van der Waals surface area (Å²) in [5.41, 5.74) is 9.59. The molecule has 0 fully saturated rings. The predicted octanol–water partition coefficient (Wildman–Crippen LogP) is 3.03. The second-order valence-electron chi connectivity index (χ2n) is 4.67. The van der Waals surface area contributed by atoms with Crippen molar-refractivity contribution >= 4 is 5.69 Å². The lowest BCUT2D eigenvalue weighted by Gasteiger charge is -2.29. The summed E-state index contributed by atoms with van der Waals surface area (Å²) in [5.74, 6) is 0.903. The molecule has 0 saturated heterocycles. The smallest absolute Gasteiger partial charge is 0.127 e. The van der Waals surface area contributed by atoms with Crippen molar-refractivity contribution in [2.24, 2.45) is 5.73 Å². The van der Waals surface area contributed by atoms with Gasteiger partial charge in [0, 0.05) is 19.3 Å². The molecule has 3 heteroatoms. The van der Waals surface area contributed by atoms with E-state index in [2.05, 4.69) is 44.0 Å². The molecule has 1 aromatic heterocycles. The van der Waals surface area contributed by atoms with Gasteiger partial charge in [-0.25, -0.2) is 0 Å². The third kappa shape index (κ3) is 2.41. The Hall–Kier alpha value is -1.74. The van der Waals surface area contributed by atoms with Gasteiger partial charge in [0.1, 0.15) is 5.76 Å². The Labute approximate surface area is 108 Å². The molecule has 0 spiro atoms. The van der Waals surface area contributed by atoms with Gasteiger partial charge < -0.3 is 15.1 Å². The van der Waals surface area contributed by atoms with Gasteiger partial charge in [0.15, 0.2) is 0 Å². The Morgan fingerprint density at radius 1 is 1.28 bits per heavy atom. The second-order valence-corrected chi connectivity index (χ2v) is 4.67. The molecule has 2 aromatic rings. The summed E-state index contributed by atoms with van der Waals surface area (Å²) in [7, 11) is 2.05. The highest BCUT2D eigenvalue weighted by atomic mass is 16.3. The number of nitrogens with zero attached hydrogens (tertiary/aromatic N) is 1. The lowest BCUT2D eigenvalue weighted by Crippen LogP contribution is -2.30. The van der Waals surface area contributed by atoms with Crippen molar-refractivity contribution in [1.82, 2.24) is 0 Å². The first kappa shape index (κ1) is 12.7. The van der Waals surface area contributed by atoms with Gasteiger partial charge in [-0.2, -0.15) is 0 Å². The van der Waals surface area contributed by atoms with Crippen LogP contribution in [0.2, 0.25) is 0 Å². The molecule has 1 atom stereocenters. The molecule has 0 bridgehead atoms. The largest absolute Gasteiger partial charge is 0.467 e. The average molecular weight is 244 g/mol. The third-order valence-electron chi connectivity index (χ3n) is 3.29. The van der Waals surface area contributed by atoms with Crippen molar-refractivity contribution < 1.29 is 4.42 Å². The van der Waals surface area contributed by atoms with Gasteiger partial charge in [-0.1, -0.05) is 17.7 Å². The van der Waals surface area contributed by atoms with E-state index >= 15 is 0 Å². The fraction of sp³-hybridized carbons (Fsp3) is 0.333. The van der Waals surface area contributed by atoms with Crippen molar-refractivity contribution in [3.63, 3.8) is 0 Å². The first-order chi connectivity index (χ1) is 8.63. The zero-order chi connectivity index (χ0) is 13.1. The minimum atomic E-state index is 0.0707. The van der Waals surface area contributed by atoms with Crippen LogP contribution in [0.15, 0.2) is 41.0 Å². The predicted molar refractivity (Wildman–Crippen MR) is 74.8 cm³/mol. The van der Waals surface area contributed by atoms with Crippen LogP contribution >= 0.6 is 0 Å². The summed E-state index contributed by atoms with van der Waals surface area (Å²) in [6.45, 7) is 4.75. The first-order valence-electron chi connectivity index (χ1n) is 6.17. The number of hydrogen-bond donors (Lipinski definition) is 1. The van der Waals surface area contributed by atoms with Gasteiger partial charge >= 0.3 is 0 Å². The zero-order valence-electron chi connectivity index (χ0n) is 11.2. The van der Waals surface area contributed by atoms with E-state index in [4.69, 9.17) is 10.2 Å². The number of benzene rings is 1. The van der Waals surface area contributed by atoms with Crippen LogP contribution in [-0.2, 0) is 0 Å². The molecule has 3 nitrogen and oxygen atoms in total. The lowest BCUT2D eigenvalue weighted by atomic mass is 10.1. The van der Waals surface area contributed by atoms with Crippen LogP contribution in [0.5, 0.6) is 0 Å². The normalized spacial score (nSPS) is 12.4. The van der Waals surface area contributed by atoms with Crippen molar-refractivity contribution in [2.75, 3.05) is 18.5 Å². The van der Waals surface area contributed by atoms with Crippen LogP contribution in [0.25, 0.3) is 0 Å². The number of rotatable bonds is 4. The standard InChI is InChI=1S/C15H20N2O/c1-11-6-7-13(12(2)9-11)17(3)14(10-16)15-5-4-8-18-15/h4-9,14H,10,16H2,1-3H3. The second kappa shape index (κ2) is 5.27. The van der Waals surface area contributed by atoms with E-state index in [0.717, 1.165) is 5.76 Å². The molecular weight excluding hydrogens is 224 g/mol. The first-order valence-corrected chi connectivity index (χ1v) is 6.17. The molecular formula is C15H20N2O. The summed E-state index contributed by atoms with van der Waals surface area (Å²) in [4.78, 5) is 2.17. The van der Waals surface area contributed by atoms with Crippen LogP contribution < -0.4 is 10.6 Å². The summed E-state index contributed by atoms with van der Waals surface area (Å²) in [6, 6.07) is 10.4. The summed E-state index contributed by atoms with van der Waals surface area (Å²) < 4.78 is 5.47. The summed E-state index contributed by atoms with van der Waals surface area (Å²) in [6.07, 6.45) is 1.69. The number of hydrogen-bond acceptors (Lipinski definition) is 3. The number of anilines is 1. The number of nitrogens with two attached hydrogens (primary N) is 1. The molecule has 0 aliphatic rings. The van der Waals surface area contributed by atoms with Gasteiger partial charge in [0.05, 0.1) is 12.3 Å². The maximum absolute atomic E-state index is 5.88. The van der Waals surface area contributed by atoms with Crippen LogP contribution in [0, 0.1) is 13.8 Å². The molecule has 0 amide bonds. The Bertz CT molecular complexity index is 505. The summed E-state index contributed by atoms with van der Waals surface area (Å²) >= 11 is 0. The Balaban J connectivity index is 2.31. The van der Waals surface area contributed by atoms with Crippen LogP contribution in [0.4, 0.5) is 5.69 Å². The van der Waals surface area contributed by atoms with Gasteiger partial charge in [0.2, 0.25) is 0 Å². The van der Waals surface area contributed by atoms with E-state index in [-0.39, 0.29) is 6.04 Å². The highest BCUT2D eigenvalue weighted by Gasteiger charge is 2.19. The highest BCUT2D eigenvalue weighted by molar-refractivity contribution is 5.55. The number of aryl methyl sites for hydroxylation is 2. The van der Waals surface area contributed by atoms with Gasteiger partial charge in [-0.15, -0.1) is 0 Å². The Morgan fingerprint density at radius 3 is 2.61 bits per heavy atom. The molecule has 1 unspecified atom stereocenters. The molecule has 1 heterocycles. The maximum atomic E-state index is 5.88. The molecule has 0 saturated carbocycles. The zero-order valence-corrected chi connectivity index (χ0v) is 11.2. The SMILES string of the molecule is Cc1ccc(N(C)C(CN)c2ccco2)c(C)c1. The maximum Gasteiger partial charge on any atom is 0.127 e. The fourth-order valence-corrected chi connectivity index (χ4v) is 2.32. The van der Waals surface area contributed by atoms with E-state index in [9.17, 15) is 0 Å². The Kier molecular flexibility index (Phi) is 3.72. The molecule has 18 heavy (non-hydrogen) atoms. The molecule has 2 N–H and O–H groups in total. The van der Waals surface area contributed by atoms with E-state index < -0.39 is 0 Å². The third-order valence-corrected chi connectivity index (χ3v) is 3.29. The van der Waals surface area contributed by atoms with Crippen molar-refractivity contribution in [3.8, 4) is 0 Å². The van der Waals surface area contributed by atoms with E-state index in [0.29, 0.717) is 6.54 Å². The van der Waals surface area contributed by atoms with Gasteiger partial charge in [-0.3, -0.25) is 0 Å². The number of furan rings is 1. The topological polar surface area (TPSA) is 42.4 Å². The molecule has 96 valence electrons. The van der Waals surface area contributed by atoms with Crippen LogP contribution in [0.3, 0.4) is 0 Å². The highest BCUT2D eigenvalue weighted by Crippen LogP contribution is 2.28. The Morgan fingerprint density at radius 2 is 2.06 bits per heavy atom. The minimum absolute atomic E-state index is 0.0707. The van der Waals surface area contributed by atoms with E-state index in [1.807, 2.05) is 12.1 Å². The van der Waals surface area contributed by atoms with Gasteiger partial charge in [-0.05, 0) is 37.6 Å². The van der Waals surface area contributed by atoms with E-state index in [1.54, 1.807) is 6.26 Å². The van der Waals surface area contributed by atoms with Gasteiger partial charge in [0.25, 0.3) is 0 Å². The minimum Gasteiger partial charge on any atom is -0.467 e. The summed E-state index contributed by atoms with van der Waals surface area (Å²) in [5, 5.41) is 0. The van der Waals surface area contributed by atoms with Crippen LogP contribution in [-0.4, -0.2) is 13.6 Å². The van der Waals surface area contributed by atoms with Crippen LogP contribution in [0.1, 0.15) is 22.9 Å². The van der Waals surface area contributed by atoms with Crippen molar-refractivity contribution in [3.05, 3.63) is 53.5 Å². The van der Waals surface area contributed by atoms with Crippen molar-refractivity contribution in [1.29, 1.82) is 0 Å². The lowest BCUT2D eigenvalue weighted by molar-refractivity contribution is 0.460. The number of likely N-dealkylation sites (N-methyl/N-ethyl adjacent to an activating group) is 1. The molecule has 0 aliphatic heterocycles. The quantitative estimate of drug-likeness (QED) is 0.899. The van der Waals surface area contributed by atoms with Crippen molar-refractivity contribution in [2.45, 2.75) is 19.9 Å². The average Bonchev–Trinajstić information content (AvgIpc) is 2.83. The molecule has 0 radical (unpaired) electrons. The van der Waals surface area contributed by atoms with E-state index in [1.165, 1.54) is 16.8 Å². The monoisotopic (exact) mass is 244 g/mol. The molecule has 0 aliphatic carbocycles.